The van der Waals surface area contributed by atoms with Crippen molar-refractivity contribution >= 4 is 29.1 Å². The maximum atomic E-state index is 11.5. The number of halogens is 2. The van der Waals surface area contributed by atoms with Gasteiger partial charge in [-0.3, -0.25) is 4.79 Å². The first-order chi connectivity index (χ1) is 7.50. The number of benzene rings is 1. The number of hydrogen-bond donors (Lipinski definition) is 1. The number of likely N-dealkylation sites (tertiary alicyclic amines) is 1. The SMILES string of the molecule is CN1C(=O)C[C@H](N)[C@H]1c1ccc(Cl)c(Cl)c1. The molecule has 0 aromatic heterocycles. The average Bonchev–Trinajstić information content (AvgIpc) is 2.47. The first-order valence-corrected chi connectivity index (χ1v) is 5.72. The molecule has 1 saturated heterocycles. The summed E-state index contributed by atoms with van der Waals surface area (Å²) in [4.78, 5) is 13.2. The summed E-state index contributed by atoms with van der Waals surface area (Å²) in [7, 11) is 1.75. The van der Waals surface area contributed by atoms with Crippen molar-refractivity contribution in [1.82, 2.24) is 4.90 Å². The largest absolute Gasteiger partial charge is 0.337 e. The normalized spacial score (nSPS) is 25.2. The summed E-state index contributed by atoms with van der Waals surface area (Å²) in [6, 6.07) is 5.05. The van der Waals surface area contributed by atoms with Crippen LogP contribution in [0.3, 0.4) is 0 Å². The fourth-order valence-electron chi connectivity index (χ4n) is 2.07. The van der Waals surface area contributed by atoms with Crippen LogP contribution in [0.25, 0.3) is 0 Å². The zero-order chi connectivity index (χ0) is 11.9. The molecule has 3 nitrogen and oxygen atoms in total. The summed E-state index contributed by atoms with van der Waals surface area (Å²) < 4.78 is 0. The van der Waals surface area contributed by atoms with Crippen LogP contribution in [0.15, 0.2) is 18.2 Å². The van der Waals surface area contributed by atoms with E-state index in [9.17, 15) is 4.79 Å². The van der Waals surface area contributed by atoms with E-state index in [1.165, 1.54) is 0 Å². The van der Waals surface area contributed by atoms with Crippen LogP contribution in [-0.4, -0.2) is 23.9 Å². The van der Waals surface area contributed by atoms with Crippen LogP contribution in [0, 0.1) is 0 Å². The molecule has 1 heterocycles. The van der Waals surface area contributed by atoms with Crippen LogP contribution < -0.4 is 5.73 Å². The highest BCUT2D eigenvalue weighted by Crippen LogP contribution is 2.33. The second kappa shape index (κ2) is 4.24. The Hall–Kier alpha value is -0.770. The number of nitrogens with zero attached hydrogens (tertiary/aromatic N) is 1. The van der Waals surface area contributed by atoms with E-state index in [2.05, 4.69) is 0 Å². The highest BCUT2D eigenvalue weighted by molar-refractivity contribution is 6.42. The van der Waals surface area contributed by atoms with Crippen molar-refractivity contribution in [3.63, 3.8) is 0 Å². The molecule has 2 N–H and O–H groups in total. The van der Waals surface area contributed by atoms with E-state index < -0.39 is 0 Å². The van der Waals surface area contributed by atoms with Gasteiger partial charge in [0.05, 0.1) is 16.1 Å². The van der Waals surface area contributed by atoms with Crippen LogP contribution in [0.1, 0.15) is 18.0 Å². The number of hydrogen-bond acceptors (Lipinski definition) is 2. The van der Waals surface area contributed by atoms with Gasteiger partial charge in [0.1, 0.15) is 0 Å². The number of rotatable bonds is 1. The lowest BCUT2D eigenvalue weighted by Crippen LogP contribution is -2.30. The summed E-state index contributed by atoms with van der Waals surface area (Å²) in [5, 5.41) is 0.991. The molecule has 1 aromatic rings. The number of nitrogens with two attached hydrogens (primary N) is 1. The number of carbonyl (C=O) groups is 1. The Morgan fingerprint density at radius 3 is 2.56 bits per heavy atom. The molecule has 2 atom stereocenters. The molecule has 0 spiro atoms. The molecule has 1 aliphatic heterocycles. The predicted molar refractivity (Wildman–Crippen MR) is 64.6 cm³/mol. The van der Waals surface area contributed by atoms with Gasteiger partial charge in [-0.1, -0.05) is 29.3 Å². The van der Waals surface area contributed by atoms with Gasteiger partial charge in [0, 0.05) is 19.5 Å². The van der Waals surface area contributed by atoms with E-state index in [1.54, 1.807) is 24.1 Å². The fourth-order valence-corrected chi connectivity index (χ4v) is 2.37. The first kappa shape index (κ1) is 11.7. The van der Waals surface area contributed by atoms with Crippen LogP contribution in [0.4, 0.5) is 0 Å². The lowest BCUT2D eigenvalue weighted by atomic mass is 10.0. The highest BCUT2D eigenvalue weighted by atomic mass is 35.5. The molecule has 1 amide bonds. The van der Waals surface area contributed by atoms with Gasteiger partial charge < -0.3 is 10.6 Å². The molecule has 0 saturated carbocycles. The van der Waals surface area contributed by atoms with Gasteiger partial charge in [0.2, 0.25) is 5.91 Å². The van der Waals surface area contributed by atoms with E-state index in [1.807, 2.05) is 6.07 Å². The van der Waals surface area contributed by atoms with E-state index in [0.29, 0.717) is 16.5 Å². The zero-order valence-corrected chi connectivity index (χ0v) is 10.3. The number of likely N-dealkylation sites (N-methyl/N-ethyl adjacent to an activating group) is 1. The van der Waals surface area contributed by atoms with Crippen molar-refractivity contribution in [1.29, 1.82) is 0 Å². The summed E-state index contributed by atoms with van der Waals surface area (Å²) in [6.45, 7) is 0. The van der Waals surface area contributed by atoms with Crippen molar-refractivity contribution < 1.29 is 4.79 Å². The molecule has 2 rings (SSSR count). The molecule has 5 heteroatoms. The lowest BCUT2D eigenvalue weighted by molar-refractivity contribution is -0.127. The Bertz CT molecular complexity index is 436. The van der Waals surface area contributed by atoms with Gasteiger partial charge in [0.15, 0.2) is 0 Å². The van der Waals surface area contributed by atoms with E-state index in [4.69, 9.17) is 28.9 Å². The minimum atomic E-state index is -0.185. The topological polar surface area (TPSA) is 46.3 Å². The summed E-state index contributed by atoms with van der Waals surface area (Å²) >= 11 is 11.8. The summed E-state index contributed by atoms with van der Waals surface area (Å²) in [5.41, 5.74) is 6.87. The Labute approximate surface area is 104 Å². The quantitative estimate of drug-likeness (QED) is 0.840. The number of carbonyl (C=O) groups excluding carboxylic acids is 1. The van der Waals surface area contributed by atoms with Gasteiger partial charge in [0.25, 0.3) is 0 Å². The van der Waals surface area contributed by atoms with Crippen LogP contribution >= 0.6 is 23.2 Å². The van der Waals surface area contributed by atoms with Gasteiger partial charge in [-0.05, 0) is 17.7 Å². The third kappa shape index (κ3) is 1.90. The fraction of sp³-hybridized carbons (Fsp3) is 0.364. The Kier molecular flexibility index (Phi) is 3.10. The van der Waals surface area contributed by atoms with Crippen molar-refractivity contribution in [2.75, 3.05) is 7.05 Å². The predicted octanol–water partition coefficient (Wildman–Crippen LogP) is 2.22. The molecule has 0 bridgehead atoms. The molecule has 1 fully saturated rings. The monoisotopic (exact) mass is 258 g/mol. The van der Waals surface area contributed by atoms with Crippen molar-refractivity contribution in [2.45, 2.75) is 18.5 Å². The van der Waals surface area contributed by atoms with Crippen LogP contribution in [-0.2, 0) is 4.79 Å². The number of amides is 1. The van der Waals surface area contributed by atoms with Gasteiger partial charge in [-0.25, -0.2) is 0 Å². The molecule has 16 heavy (non-hydrogen) atoms. The Balaban J connectivity index is 2.37. The molecule has 1 aromatic carbocycles. The van der Waals surface area contributed by atoms with E-state index in [-0.39, 0.29) is 18.0 Å². The van der Waals surface area contributed by atoms with Gasteiger partial charge in [-0.15, -0.1) is 0 Å². The van der Waals surface area contributed by atoms with E-state index in [0.717, 1.165) is 5.56 Å². The minimum Gasteiger partial charge on any atom is -0.337 e. The molecule has 0 radical (unpaired) electrons. The zero-order valence-electron chi connectivity index (χ0n) is 8.78. The first-order valence-electron chi connectivity index (χ1n) is 4.97. The molecule has 0 aliphatic carbocycles. The molecule has 0 unspecified atom stereocenters. The lowest BCUT2D eigenvalue weighted by Gasteiger charge is -2.23. The van der Waals surface area contributed by atoms with Gasteiger partial charge in [-0.2, -0.15) is 0 Å². The summed E-state index contributed by atoms with van der Waals surface area (Å²) in [6.07, 6.45) is 0.376. The maximum Gasteiger partial charge on any atom is 0.224 e. The van der Waals surface area contributed by atoms with Crippen molar-refractivity contribution in [2.24, 2.45) is 5.73 Å². The average molecular weight is 259 g/mol. The van der Waals surface area contributed by atoms with Crippen molar-refractivity contribution in [3.8, 4) is 0 Å². The minimum absolute atomic E-state index is 0.0589. The second-order valence-electron chi connectivity index (χ2n) is 3.99. The molecule has 86 valence electrons. The third-order valence-electron chi connectivity index (χ3n) is 2.91. The molecular weight excluding hydrogens is 247 g/mol. The third-order valence-corrected chi connectivity index (χ3v) is 3.65. The molecular formula is C11H12Cl2N2O. The van der Waals surface area contributed by atoms with E-state index >= 15 is 0 Å². The smallest absolute Gasteiger partial charge is 0.224 e. The Morgan fingerprint density at radius 1 is 1.38 bits per heavy atom. The van der Waals surface area contributed by atoms with Crippen molar-refractivity contribution in [3.05, 3.63) is 33.8 Å². The standard InChI is InChI=1S/C11H12Cl2N2O/c1-15-10(16)5-9(14)11(15)6-2-3-7(12)8(13)4-6/h2-4,9,11H,5,14H2,1H3/t9-,11+/m0/s1. The van der Waals surface area contributed by atoms with Crippen LogP contribution in [0.5, 0.6) is 0 Å². The highest BCUT2D eigenvalue weighted by Gasteiger charge is 2.36. The van der Waals surface area contributed by atoms with Crippen LogP contribution in [0.2, 0.25) is 10.0 Å². The molecule has 1 aliphatic rings. The summed E-state index contributed by atoms with van der Waals surface area (Å²) in [5.74, 6) is 0.0589. The second-order valence-corrected chi connectivity index (χ2v) is 4.81. The Morgan fingerprint density at radius 2 is 2.06 bits per heavy atom. The van der Waals surface area contributed by atoms with Gasteiger partial charge >= 0.3 is 0 Å². The maximum absolute atomic E-state index is 11.5.